The van der Waals surface area contributed by atoms with Crippen LogP contribution < -0.4 is 27.0 Å². The van der Waals surface area contributed by atoms with Crippen LogP contribution in [0.5, 0.6) is 0 Å². The second-order valence-corrected chi connectivity index (χ2v) is 9.36. The van der Waals surface area contributed by atoms with Gasteiger partial charge in [-0.3, -0.25) is 52.5 Å². The Balaban J connectivity index is -0.000000178. The number of amides is 4. The third kappa shape index (κ3) is 66.1. The van der Waals surface area contributed by atoms with E-state index < -0.39 is 70.4 Å². The largest absolute Gasteiger partial charge is 0.481 e. The predicted octanol–water partition coefficient (Wildman–Crippen LogP) is -5.37. The van der Waals surface area contributed by atoms with E-state index in [9.17, 15) is 51.6 Å². The molecule has 1 aliphatic heterocycles. The van der Waals surface area contributed by atoms with Gasteiger partial charge in [0.05, 0.1) is 12.5 Å². The molecule has 1 rings (SSSR count). The highest BCUT2D eigenvalue weighted by Gasteiger charge is 2.24. The molecule has 0 unspecified atom stereocenters. The Morgan fingerprint density at radius 2 is 1.10 bits per heavy atom. The highest BCUT2D eigenvalue weighted by Crippen LogP contribution is 2.00. The van der Waals surface area contributed by atoms with Crippen molar-refractivity contribution in [2.24, 2.45) is 5.73 Å². The lowest BCUT2D eigenvalue weighted by Crippen LogP contribution is -2.32. The Morgan fingerprint density at radius 1 is 0.755 bits per heavy atom. The van der Waals surface area contributed by atoms with Gasteiger partial charge in [0.1, 0.15) is 26.0 Å². The molecule has 0 radical (unpaired) electrons. The Kier molecular flexibility index (Phi) is 36.9. The standard InChI is InChI=1S/C8H14N2O7S.C6H9NO5.C3H7NO2.C3H2O3.C2H4O2.CH5NO/c1-6(11)10-5-17-8(13)4-7(12)9-2-3-18(14,15)16;1-4(8)7-3-12-6(11)2-5(9)10;1-3(6)4-2-5;4-2-1-3(5)6-2;1-2(3)4;2-1-3/h2-5H2,1H3,(H,9,12)(H,10,11)(H,14,15,16);2-3H2,1H3,(H,7,8)(H,9,10);5H,2H2,1H3,(H,4,6);1H2;1H3,(H,3,4);3H,1-2H2. The molecule has 0 spiro atoms. The number of nitrogens with one attached hydrogen (secondary N) is 4. The third-order valence-electron chi connectivity index (χ3n) is 3.24. The number of hydrogen-bond donors (Lipinski definition) is 10. The first-order valence-electron chi connectivity index (χ1n) is 12.8. The van der Waals surface area contributed by atoms with Crippen molar-refractivity contribution in [2.45, 2.75) is 47.0 Å². The van der Waals surface area contributed by atoms with Gasteiger partial charge in [-0.15, -0.1) is 0 Å². The average molecular weight is 740 g/mol. The minimum absolute atomic E-state index is 0.0278. The Morgan fingerprint density at radius 3 is 1.33 bits per heavy atom. The maximum absolute atomic E-state index is 11.1. The number of ether oxygens (including phenoxy) is 3. The molecule has 284 valence electrons. The highest BCUT2D eigenvalue weighted by molar-refractivity contribution is 7.85. The van der Waals surface area contributed by atoms with Gasteiger partial charge in [-0.2, -0.15) is 8.42 Å². The monoisotopic (exact) mass is 739 g/mol. The quantitative estimate of drug-likeness (QED) is 0.0293. The second kappa shape index (κ2) is 34.0. The summed E-state index contributed by atoms with van der Waals surface area (Å²) in [5.41, 5.74) is 4.40. The van der Waals surface area contributed by atoms with Gasteiger partial charge < -0.3 is 61.6 Å². The fourth-order valence-electron chi connectivity index (χ4n) is 1.52. The third-order valence-corrected chi connectivity index (χ3v) is 3.96. The zero-order valence-corrected chi connectivity index (χ0v) is 27.5. The smallest absolute Gasteiger partial charge is 0.324 e. The Bertz CT molecular complexity index is 1170. The van der Waals surface area contributed by atoms with Crippen LogP contribution in [0.25, 0.3) is 0 Å². The van der Waals surface area contributed by atoms with Gasteiger partial charge in [-0.25, -0.2) is 0 Å². The van der Waals surface area contributed by atoms with Crippen LogP contribution in [0.1, 0.15) is 47.0 Å². The van der Waals surface area contributed by atoms with Gasteiger partial charge in [0.15, 0.2) is 13.5 Å². The molecule has 1 heterocycles. The lowest BCUT2D eigenvalue weighted by atomic mass is 10.4. The van der Waals surface area contributed by atoms with Crippen molar-refractivity contribution in [3.63, 3.8) is 0 Å². The van der Waals surface area contributed by atoms with E-state index in [1.807, 2.05) is 0 Å². The van der Waals surface area contributed by atoms with Gasteiger partial charge >= 0.3 is 29.8 Å². The fraction of sp³-hybridized carbons (Fsp3) is 0.565. The van der Waals surface area contributed by atoms with Crippen LogP contribution in [0.2, 0.25) is 0 Å². The van der Waals surface area contributed by atoms with Gasteiger partial charge in [0, 0.05) is 34.2 Å². The molecule has 25 nitrogen and oxygen atoms in total. The molecular formula is C23H41N5O20S. The summed E-state index contributed by atoms with van der Waals surface area (Å²) < 4.78 is 41.6. The number of carbonyl (C=O) groups is 10. The molecular weight excluding hydrogens is 698 g/mol. The van der Waals surface area contributed by atoms with Gasteiger partial charge in [-0.05, 0) is 0 Å². The molecule has 0 saturated carbocycles. The Labute approximate surface area is 278 Å². The number of cyclic esters (lactones) is 2. The van der Waals surface area contributed by atoms with Crippen LogP contribution in [0.4, 0.5) is 0 Å². The van der Waals surface area contributed by atoms with E-state index in [0.717, 1.165) is 6.92 Å². The number of carbonyl (C=O) groups excluding carboxylic acids is 8. The van der Waals surface area contributed by atoms with E-state index in [2.05, 4.69) is 41.2 Å². The van der Waals surface area contributed by atoms with E-state index in [-0.39, 0.29) is 57.6 Å². The summed E-state index contributed by atoms with van der Waals surface area (Å²) in [6.07, 6.45) is -1.33. The molecule has 0 aromatic heterocycles. The molecule has 0 aromatic carbocycles. The van der Waals surface area contributed by atoms with Crippen molar-refractivity contribution < 1.29 is 95.6 Å². The first kappa shape index (κ1) is 53.2. The van der Waals surface area contributed by atoms with E-state index in [4.69, 9.17) is 29.8 Å². The molecule has 1 fully saturated rings. The number of carboxylic acid groups (broad SMARTS) is 2. The molecule has 0 bridgehead atoms. The van der Waals surface area contributed by atoms with Crippen LogP contribution in [0, 0.1) is 0 Å². The molecule has 11 N–H and O–H groups in total. The molecule has 1 aliphatic rings. The van der Waals surface area contributed by atoms with Crippen LogP contribution in [0.15, 0.2) is 0 Å². The minimum Gasteiger partial charge on any atom is -0.481 e. The lowest BCUT2D eigenvalue weighted by molar-refractivity contribution is -0.174. The maximum atomic E-state index is 11.1. The summed E-state index contributed by atoms with van der Waals surface area (Å²) in [5.74, 6) is -7.01. The SMILES string of the molecule is CC(=O)NCO.CC(=O)NCOC(=O)CC(=O)NCCS(=O)(=O)O.CC(=O)NCOC(=O)CC(=O)O.CC(=O)O.NCO.O=C1CC(=O)O1. The number of esters is 4. The van der Waals surface area contributed by atoms with E-state index >= 15 is 0 Å². The number of hydrogen-bond acceptors (Lipinski definition) is 18. The first-order valence-corrected chi connectivity index (χ1v) is 14.4. The van der Waals surface area contributed by atoms with Gasteiger partial charge in [-0.1, -0.05) is 0 Å². The lowest BCUT2D eigenvalue weighted by Gasteiger charge is -2.06. The summed E-state index contributed by atoms with van der Waals surface area (Å²) >= 11 is 0. The van der Waals surface area contributed by atoms with Crippen LogP contribution in [-0.4, -0.2) is 132 Å². The summed E-state index contributed by atoms with van der Waals surface area (Å²) in [5, 5.41) is 39.4. The molecule has 4 amide bonds. The maximum Gasteiger partial charge on any atom is 0.324 e. The molecule has 0 atom stereocenters. The molecule has 26 heteroatoms. The zero-order valence-electron chi connectivity index (χ0n) is 26.7. The van der Waals surface area contributed by atoms with Gasteiger partial charge in [0.2, 0.25) is 23.6 Å². The number of aliphatic carboxylic acids is 2. The number of carboxylic acids is 2. The second-order valence-electron chi connectivity index (χ2n) is 7.79. The van der Waals surface area contributed by atoms with Crippen LogP contribution >= 0.6 is 0 Å². The topological polar surface area (TPSA) is 408 Å². The van der Waals surface area contributed by atoms with Crippen molar-refractivity contribution in [3.05, 3.63) is 0 Å². The first-order chi connectivity index (χ1) is 22.4. The average Bonchev–Trinajstić information content (AvgIpc) is 2.87. The van der Waals surface area contributed by atoms with E-state index in [0.29, 0.717) is 0 Å². The van der Waals surface area contributed by atoms with E-state index in [1.165, 1.54) is 20.8 Å². The fourth-order valence-corrected chi connectivity index (χ4v) is 1.88. The molecule has 49 heavy (non-hydrogen) atoms. The number of rotatable bonds is 12. The Hall–Kier alpha value is -5.31. The summed E-state index contributed by atoms with van der Waals surface area (Å²) in [6.45, 7) is 3.46. The number of aliphatic hydroxyl groups is 2. The van der Waals surface area contributed by atoms with Crippen molar-refractivity contribution >= 4 is 69.6 Å². The number of aliphatic hydroxyl groups excluding tert-OH is 2. The predicted molar refractivity (Wildman–Crippen MR) is 157 cm³/mol. The molecule has 0 aromatic rings. The van der Waals surface area contributed by atoms with Crippen LogP contribution in [0.3, 0.4) is 0 Å². The van der Waals surface area contributed by atoms with Gasteiger partial charge in [0.25, 0.3) is 16.1 Å². The van der Waals surface area contributed by atoms with Crippen LogP contribution in [-0.2, 0) is 72.3 Å². The number of nitrogens with two attached hydrogens (primary N) is 1. The van der Waals surface area contributed by atoms with E-state index in [1.54, 1.807) is 0 Å². The molecule has 1 saturated heterocycles. The van der Waals surface area contributed by atoms with Crippen molar-refractivity contribution in [1.29, 1.82) is 0 Å². The van der Waals surface area contributed by atoms with Crippen molar-refractivity contribution in [2.75, 3.05) is 39.2 Å². The normalized spacial score (nSPS) is 10.2. The zero-order chi connectivity index (χ0) is 39.6. The highest BCUT2D eigenvalue weighted by atomic mass is 32.2. The summed E-state index contributed by atoms with van der Waals surface area (Å²) in [6, 6.07) is 0. The minimum atomic E-state index is -4.15. The molecule has 0 aliphatic carbocycles. The van der Waals surface area contributed by atoms with Crippen molar-refractivity contribution in [1.82, 2.24) is 21.3 Å². The van der Waals surface area contributed by atoms with Crippen molar-refractivity contribution in [3.8, 4) is 0 Å². The summed E-state index contributed by atoms with van der Waals surface area (Å²) in [7, 11) is -4.15. The summed E-state index contributed by atoms with van der Waals surface area (Å²) in [4.78, 5) is 101.